The molecule has 1 aromatic carbocycles. The lowest BCUT2D eigenvalue weighted by Crippen LogP contribution is -2.54. The molecular weight excluding hydrogens is 406 g/mol. The number of rotatable bonds is 7. The third-order valence-corrected chi connectivity index (χ3v) is 6.21. The fraction of sp³-hybridized carbons (Fsp3) is 0.667. The zero-order chi connectivity index (χ0) is 22.8. The summed E-state index contributed by atoms with van der Waals surface area (Å²) < 4.78 is 10.4. The molecule has 8 heteroatoms. The zero-order valence-electron chi connectivity index (χ0n) is 19.9. The van der Waals surface area contributed by atoms with Crippen molar-refractivity contribution < 1.29 is 14.3 Å². The molecule has 2 aliphatic heterocycles. The first-order valence-corrected chi connectivity index (χ1v) is 11.9. The number of hydrogen-bond donors (Lipinski definition) is 1. The summed E-state index contributed by atoms with van der Waals surface area (Å²) >= 11 is 0. The average molecular weight is 446 g/mol. The number of nitrogens with one attached hydrogen (secondary N) is 1. The summed E-state index contributed by atoms with van der Waals surface area (Å²) in [4.78, 5) is 23.5. The molecule has 32 heavy (non-hydrogen) atoms. The van der Waals surface area contributed by atoms with E-state index in [-0.39, 0.29) is 6.09 Å². The monoisotopic (exact) mass is 445 g/mol. The number of piperidine rings is 1. The number of carbonyl (C=O) groups excluding carboxylic acids is 1. The van der Waals surface area contributed by atoms with Crippen LogP contribution >= 0.6 is 0 Å². The second kappa shape index (κ2) is 12.5. The molecule has 1 aromatic rings. The first-order chi connectivity index (χ1) is 15.6. The number of likely N-dealkylation sites (tertiary alicyclic amines) is 1. The Labute approximate surface area is 192 Å². The SMILES string of the molecule is CCNC(=NCC1CCN(Cc2ccc(OC)cc2)CC1)N1CCN(C(=O)OCC)CC1. The molecule has 0 unspecified atom stereocenters. The lowest BCUT2D eigenvalue weighted by Gasteiger charge is -2.36. The highest BCUT2D eigenvalue weighted by Crippen LogP contribution is 2.20. The van der Waals surface area contributed by atoms with Gasteiger partial charge in [-0.1, -0.05) is 12.1 Å². The lowest BCUT2D eigenvalue weighted by molar-refractivity contribution is 0.0914. The van der Waals surface area contributed by atoms with E-state index in [1.54, 1.807) is 12.0 Å². The molecule has 0 saturated carbocycles. The summed E-state index contributed by atoms with van der Waals surface area (Å²) in [5, 5.41) is 3.43. The maximum absolute atomic E-state index is 11.9. The molecule has 3 rings (SSSR count). The Bertz CT molecular complexity index is 724. The van der Waals surface area contributed by atoms with Crippen molar-refractivity contribution in [2.24, 2.45) is 10.9 Å². The van der Waals surface area contributed by atoms with Crippen molar-refractivity contribution in [1.82, 2.24) is 20.0 Å². The molecule has 2 fully saturated rings. The quantitative estimate of drug-likeness (QED) is 0.514. The van der Waals surface area contributed by atoms with Crippen LogP contribution in [0.15, 0.2) is 29.3 Å². The zero-order valence-corrected chi connectivity index (χ0v) is 19.9. The Kier molecular flexibility index (Phi) is 9.46. The van der Waals surface area contributed by atoms with E-state index >= 15 is 0 Å². The van der Waals surface area contributed by atoms with Crippen molar-refractivity contribution >= 4 is 12.1 Å². The van der Waals surface area contributed by atoms with E-state index in [0.717, 1.165) is 57.5 Å². The van der Waals surface area contributed by atoms with Crippen LogP contribution in [0.4, 0.5) is 4.79 Å². The van der Waals surface area contributed by atoms with E-state index in [2.05, 4.69) is 34.2 Å². The van der Waals surface area contributed by atoms with Gasteiger partial charge in [0.25, 0.3) is 0 Å². The number of methoxy groups -OCH3 is 1. The molecule has 0 radical (unpaired) electrons. The van der Waals surface area contributed by atoms with E-state index < -0.39 is 0 Å². The van der Waals surface area contributed by atoms with Gasteiger partial charge in [0.15, 0.2) is 5.96 Å². The standard InChI is InChI=1S/C24H39N5O3/c1-4-25-23(28-14-16-29(17-15-28)24(30)32-5-2)26-18-20-10-12-27(13-11-20)19-21-6-8-22(31-3)9-7-21/h6-9,20H,4-5,10-19H2,1-3H3,(H,25,26). The van der Waals surface area contributed by atoms with Crippen LogP contribution in [0, 0.1) is 5.92 Å². The van der Waals surface area contributed by atoms with Gasteiger partial charge in [0.2, 0.25) is 0 Å². The molecule has 1 amide bonds. The first kappa shape index (κ1) is 24.2. The fourth-order valence-electron chi connectivity index (χ4n) is 4.27. The third-order valence-electron chi connectivity index (χ3n) is 6.21. The number of nitrogens with zero attached hydrogens (tertiary/aromatic N) is 4. The van der Waals surface area contributed by atoms with Crippen LogP contribution in [-0.4, -0.2) is 92.8 Å². The van der Waals surface area contributed by atoms with E-state index in [1.807, 2.05) is 19.1 Å². The second-order valence-electron chi connectivity index (χ2n) is 8.44. The molecule has 8 nitrogen and oxygen atoms in total. The molecule has 2 saturated heterocycles. The number of guanidine groups is 1. The summed E-state index contributed by atoms with van der Waals surface area (Å²) in [5.74, 6) is 2.50. The number of amides is 1. The van der Waals surface area contributed by atoms with Crippen LogP contribution in [-0.2, 0) is 11.3 Å². The van der Waals surface area contributed by atoms with E-state index in [9.17, 15) is 4.79 Å². The van der Waals surface area contributed by atoms with Crippen LogP contribution in [0.3, 0.4) is 0 Å². The second-order valence-corrected chi connectivity index (χ2v) is 8.44. The van der Waals surface area contributed by atoms with Gasteiger partial charge < -0.3 is 24.6 Å². The summed E-state index contributed by atoms with van der Waals surface area (Å²) in [6.07, 6.45) is 2.14. The Balaban J connectivity index is 1.44. The van der Waals surface area contributed by atoms with Gasteiger partial charge in [0.1, 0.15) is 5.75 Å². The molecule has 0 aromatic heterocycles. The van der Waals surface area contributed by atoms with Gasteiger partial charge in [-0.25, -0.2) is 4.79 Å². The summed E-state index contributed by atoms with van der Waals surface area (Å²) in [5.41, 5.74) is 1.33. The van der Waals surface area contributed by atoms with Crippen LogP contribution in [0.5, 0.6) is 5.75 Å². The van der Waals surface area contributed by atoms with Gasteiger partial charge in [-0.3, -0.25) is 9.89 Å². The van der Waals surface area contributed by atoms with Crippen molar-refractivity contribution in [1.29, 1.82) is 0 Å². The van der Waals surface area contributed by atoms with Gasteiger partial charge in [0.05, 0.1) is 13.7 Å². The van der Waals surface area contributed by atoms with E-state index in [4.69, 9.17) is 14.5 Å². The third kappa shape index (κ3) is 7.02. The number of benzene rings is 1. The van der Waals surface area contributed by atoms with Crippen molar-refractivity contribution in [3.05, 3.63) is 29.8 Å². The summed E-state index contributed by atoms with van der Waals surface area (Å²) in [7, 11) is 1.70. The van der Waals surface area contributed by atoms with E-state index in [1.165, 1.54) is 18.4 Å². The molecule has 1 N–H and O–H groups in total. The molecule has 0 aliphatic carbocycles. The fourth-order valence-corrected chi connectivity index (χ4v) is 4.27. The molecule has 0 atom stereocenters. The number of hydrogen-bond acceptors (Lipinski definition) is 5. The molecular formula is C24H39N5O3. The molecule has 2 heterocycles. The van der Waals surface area contributed by atoms with Crippen LogP contribution in [0.2, 0.25) is 0 Å². The largest absolute Gasteiger partial charge is 0.497 e. The minimum atomic E-state index is -0.213. The van der Waals surface area contributed by atoms with Gasteiger partial charge in [-0.2, -0.15) is 0 Å². The predicted octanol–water partition coefficient (Wildman–Crippen LogP) is 2.65. The van der Waals surface area contributed by atoms with Gasteiger partial charge in [0, 0.05) is 45.8 Å². The van der Waals surface area contributed by atoms with E-state index in [0.29, 0.717) is 25.6 Å². The van der Waals surface area contributed by atoms with Crippen LogP contribution in [0.1, 0.15) is 32.3 Å². The topological polar surface area (TPSA) is 69.6 Å². The van der Waals surface area contributed by atoms with Crippen molar-refractivity contribution in [3.8, 4) is 5.75 Å². The highest BCUT2D eigenvalue weighted by atomic mass is 16.6. The van der Waals surface area contributed by atoms with Gasteiger partial charge in [-0.05, 0) is 63.4 Å². The minimum Gasteiger partial charge on any atom is -0.497 e. The molecule has 0 spiro atoms. The van der Waals surface area contributed by atoms with Crippen molar-refractivity contribution in [2.45, 2.75) is 33.2 Å². The molecule has 0 bridgehead atoms. The number of piperazine rings is 1. The lowest BCUT2D eigenvalue weighted by atomic mass is 9.96. The van der Waals surface area contributed by atoms with Crippen molar-refractivity contribution in [2.75, 3.05) is 66.1 Å². The predicted molar refractivity (Wildman–Crippen MR) is 127 cm³/mol. The van der Waals surface area contributed by atoms with Crippen molar-refractivity contribution in [3.63, 3.8) is 0 Å². The number of aliphatic imine (C=N–C) groups is 1. The normalized spacial score (nSPS) is 18.5. The average Bonchev–Trinajstić information content (AvgIpc) is 2.83. The maximum atomic E-state index is 11.9. The smallest absolute Gasteiger partial charge is 0.409 e. The highest BCUT2D eigenvalue weighted by Gasteiger charge is 2.24. The van der Waals surface area contributed by atoms with Crippen LogP contribution < -0.4 is 10.1 Å². The maximum Gasteiger partial charge on any atom is 0.409 e. The van der Waals surface area contributed by atoms with Crippen LogP contribution in [0.25, 0.3) is 0 Å². The Morgan fingerprint density at radius 2 is 1.69 bits per heavy atom. The summed E-state index contributed by atoms with van der Waals surface area (Å²) in [6, 6.07) is 8.37. The Hall–Kier alpha value is -2.48. The summed E-state index contributed by atoms with van der Waals surface area (Å²) in [6.45, 7) is 12.2. The van der Waals surface area contributed by atoms with Gasteiger partial charge >= 0.3 is 6.09 Å². The molecule has 2 aliphatic rings. The minimum absolute atomic E-state index is 0.213. The molecule has 178 valence electrons. The van der Waals surface area contributed by atoms with Gasteiger partial charge in [-0.15, -0.1) is 0 Å². The highest BCUT2D eigenvalue weighted by molar-refractivity contribution is 5.80. The Morgan fingerprint density at radius 3 is 2.28 bits per heavy atom. The Morgan fingerprint density at radius 1 is 1.03 bits per heavy atom. The first-order valence-electron chi connectivity index (χ1n) is 11.9. The number of carbonyl (C=O) groups is 1. The number of ether oxygens (including phenoxy) is 2.